The molecule has 0 aromatic heterocycles. The van der Waals surface area contributed by atoms with Gasteiger partial charge in [-0.15, -0.1) is 37.2 Å². The number of aliphatic hydroxyl groups is 1. The average molecular weight is 721 g/mol. The summed E-state index contributed by atoms with van der Waals surface area (Å²) in [6, 6.07) is 22.9. The number of hydrogen-bond acceptors (Lipinski definition) is 8. The zero-order valence-corrected chi connectivity index (χ0v) is 29.9. The lowest BCUT2D eigenvalue weighted by molar-refractivity contribution is 0.104. The van der Waals surface area contributed by atoms with Crippen molar-refractivity contribution < 1.29 is 14.6 Å². The molecule has 2 aliphatic heterocycles. The number of nitrogens with one attached hydrogen (secondary N) is 1. The van der Waals surface area contributed by atoms with Crippen LogP contribution in [0.15, 0.2) is 76.5 Å². The molecule has 1 saturated heterocycles. The molecule has 45 heavy (non-hydrogen) atoms. The highest BCUT2D eigenvalue weighted by molar-refractivity contribution is 7.99. The molecule has 1 unspecified atom stereocenters. The van der Waals surface area contributed by atoms with Crippen molar-refractivity contribution in [3.05, 3.63) is 71.8 Å². The van der Waals surface area contributed by atoms with E-state index >= 15 is 0 Å². The summed E-state index contributed by atoms with van der Waals surface area (Å²) in [6.45, 7) is 12.8. The average Bonchev–Trinajstić information content (AvgIpc) is 3.00. The summed E-state index contributed by atoms with van der Waals surface area (Å²) in [5.74, 6) is 1.57. The second kappa shape index (κ2) is 19.9. The van der Waals surface area contributed by atoms with Gasteiger partial charge in [-0.25, -0.2) is 0 Å². The maximum atomic E-state index is 10.0. The van der Waals surface area contributed by atoms with Gasteiger partial charge in [0.05, 0.1) is 11.4 Å². The van der Waals surface area contributed by atoms with Crippen molar-refractivity contribution in [1.29, 1.82) is 0 Å². The Morgan fingerprint density at radius 1 is 0.800 bits per heavy atom. The zero-order chi connectivity index (χ0) is 29.3. The second-order valence-corrected chi connectivity index (χ2v) is 12.7. The van der Waals surface area contributed by atoms with Gasteiger partial charge >= 0.3 is 0 Å². The van der Waals surface area contributed by atoms with E-state index in [-0.39, 0.29) is 43.8 Å². The number of benzene rings is 3. The van der Waals surface area contributed by atoms with Gasteiger partial charge in [0.1, 0.15) is 30.8 Å². The van der Waals surface area contributed by atoms with Crippen LogP contribution in [0.5, 0.6) is 11.5 Å². The highest BCUT2D eigenvalue weighted by atomic mass is 35.5. The van der Waals surface area contributed by atoms with Crippen LogP contribution in [-0.4, -0.2) is 92.6 Å². The number of ether oxygens (including phenoxy) is 2. The van der Waals surface area contributed by atoms with E-state index in [4.69, 9.17) is 21.1 Å². The smallest absolute Gasteiger partial charge is 0.119 e. The summed E-state index contributed by atoms with van der Waals surface area (Å²) in [4.78, 5) is 10.1. The first kappa shape index (κ1) is 39.6. The Morgan fingerprint density at radius 3 is 2.11 bits per heavy atom. The Balaban J connectivity index is 0.00000235. The lowest BCUT2D eigenvalue weighted by Gasteiger charge is -2.36. The maximum Gasteiger partial charge on any atom is 0.119 e. The number of anilines is 2. The lowest BCUT2D eigenvalue weighted by Crippen LogP contribution is -2.47. The Labute approximate surface area is 296 Å². The van der Waals surface area contributed by atoms with Crippen molar-refractivity contribution in [1.82, 2.24) is 15.1 Å². The van der Waals surface area contributed by atoms with Crippen LogP contribution < -0.4 is 19.7 Å². The highest BCUT2D eigenvalue weighted by Crippen LogP contribution is 2.48. The molecule has 1 fully saturated rings. The molecular formula is C33H46Cl4N4O3S. The highest BCUT2D eigenvalue weighted by Gasteiger charge is 2.24. The number of fused-ring (bicyclic) bond motifs is 2. The number of piperazine rings is 1. The van der Waals surface area contributed by atoms with E-state index in [2.05, 4.69) is 70.3 Å². The van der Waals surface area contributed by atoms with Crippen LogP contribution in [0.3, 0.4) is 0 Å². The molecule has 5 rings (SSSR count). The van der Waals surface area contributed by atoms with Crippen LogP contribution in [0.2, 0.25) is 5.02 Å². The summed E-state index contributed by atoms with van der Waals surface area (Å²) in [7, 11) is 0. The second-order valence-electron chi connectivity index (χ2n) is 11.2. The molecule has 0 bridgehead atoms. The molecule has 12 heteroatoms. The van der Waals surface area contributed by atoms with Gasteiger partial charge in [-0.3, -0.25) is 4.90 Å². The first-order valence-corrected chi connectivity index (χ1v) is 16.2. The molecule has 250 valence electrons. The summed E-state index contributed by atoms with van der Waals surface area (Å²) in [6.07, 6.45) is 0.564. The van der Waals surface area contributed by atoms with Gasteiger partial charge < -0.3 is 29.7 Å². The first-order valence-electron chi connectivity index (χ1n) is 15.0. The molecule has 1 atom stereocenters. The van der Waals surface area contributed by atoms with Crippen LogP contribution >= 0.6 is 60.6 Å². The predicted octanol–water partition coefficient (Wildman–Crippen LogP) is 7.03. The number of rotatable bonds is 14. The van der Waals surface area contributed by atoms with Gasteiger partial charge in [0.2, 0.25) is 0 Å². The Kier molecular flexibility index (Phi) is 17.5. The van der Waals surface area contributed by atoms with Crippen molar-refractivity contribution in [2.45, 2.75) is 42.2 Å². The molecule has 3 aromatic carbocycles. The number of hydrogen-bond donors (Lipinski definition) is 2. The fraction of sp³-hybridized carbons (Fsp3) is 0.455. The van der Waals surface area contributed by atoms with Crippen LogP contribution in [0.1, 0.15) is 20.3 Å². The van der Waals surface area contributed by atoms with Crippen molar-refractivity contribution in [2.24, 2.45) is 0 Å². The number of para-hydroxylation sites is 1. The van der Waals surface area contributed by atoms with Crippen LogP contribution in [0.25, 0.3) is 0 Å². The number of halogens is 4. The van der Waals surface area contributed by atoms with E-state index in [1.165, 1.54) is 21.2 Å². The van der Waals surface area contributed by atoms with Gasteiger partial charge in [-0.2, -0.15) is 0 Å². The zero-order valence-electron chi connectivity index (χ0n) is 25.9. The molecule has 0 amide bonds. The quantitative estimate of drug-likeness (QED) is 0.184. The number of aliphatic hydroxyl groups excluding tert-OH is 1. The minimum atomic E-state index is -0.535. The van der Waals surface area contributed by atoms with E-state index in [1.807, 2.05) is 42.1 Å². The largest absolute Gasteiger partial charge is 0.492 e. The molecule has 7 nitrogen and oxygen atoms in total. The Bertz CT molecular complexity index is 1280. The van der Waals surface area contributed by atoms with Crippen molar-refractivity contribution in [2.75, 3.05) is 70.5 Å². The normalized spacial score (nSPS) is 15.2. The van der Waals surface area contributed by atoms with Crippen LogP contribution in [-0.2, 0) is 0 Å². The molecule has 0 saturated carbocycles. The van der Waals surface area contributed by atoms with E-state index < -0.39 is 6.10 Å². The molecule has 2 N–H and O–H groups in total. The standard InChI is InChI=1S/C33H43ClN4O3S.3ClH/c1-25(2)35-23-27(39)24-41-29-11-9-28(10-12-29)40-21-20-37-18-16-36(17-19-37)14-5-15-38-30-6-3-4-7-32(30)42-33-13-8-26(34)22-31(33)38;;;/h3-4,6-13,22,25,27,35,39H,5,14-21,23-24H2,1-2H3;3*1H. The van der Waals surface area contributed by atoms with E-state index in [1.54, 1.807) is 0 Å². The third-order valence-corrected chi connectivity index (χ3v) is 8.98. The van der Waals surface area contributed by atoms with Gasteiger partial charge in [0, 0.05) is 66.7 Å². The number of nitrogens with zero attached hydrogens (tertiary/aromatic N) is 3. The predicted molar refractivity (Wildman–Crippen MR) is 195 cm³/mol. The summed E-state index contributed by atoms with van der Waals surface area (Å²) in [5.41, 5.74) is 2.49. The molecule has 3 aromatic rings. The van der Waals surface area contributed by atoms with Gasteiger partial charge in [0.15, 0.2) is 0 Å². The van der Waals surface area contributed by atoms with Crippen molar-refractivity contribution in [3.63, 3.8) is 0 Å². The minimum absolute atomic E-state index is 0. The topological polar surface area (TPSA) is 60.4 Å². The SMILES string of the molecule is CC(C)NCC(O)COc1ccc(OCCN2CCN(CCCN3c4ccccc4Sc4ccc(Cl)cc43)CC2)cc1.Cl.Cl.Cl. The Hall–Kier alpha value is -1.59. The minimum Gasteiger partial charge on any atom is -0.492 e. The van der Waals surface area contributed by atoms with Gasteiger partial charge in [0.25, 0.3) is 0 Å². The van der Waals surface area contributed by atoms with E-state index in [0.29, 0.717) is 19.2 Å². The molecule has 0 radical (unpaired) electrons. The van der Waals surface area contributed by atoms with E-state index in [0.717, 1.165) is 68.8 Å². The summed E-state index contributed by atoms with van der Waals surface area (Å²) in [5, 5.41) is 14.0. The van der Waals surface area contributed by atoms with Gasteiger partial charge in [-0.05, 0) is 67.6 Å². The maximum absolute atomic E-state index is 10.0. The molecular weight excluding hydrogens is 674 g/mol. The first-order chi connectivity index (χ1) is 20.4. The molecule has 0 aliphatic carbocycles. The fourth-order valence-corrected chi connectivity index (χ4v) is 6.52. The van der Waals surface area contributed by atoms with Crippen molar-refractivity contribution in [3.8, 4) is 11.5 Å². The third-order valence-electron chi connectivity index (χ3n) is 7.61. The van der Waals surface area contributed by atoms with E-state index in [9.17, 15) is 5.11 Å². The molecule has 0 spiro atoms. The van der Waals surface area contributed by atoms with Gasteiger partial charge in [-0.1, -0.05) is 49.3 Å². The lowest BCUT2D eigenvalue weighted by atomic mass is 10.2. The monoisotopic (exact) mass is 718 g/mol. The molecule has 2 heterocycles. The third kappa shape index (κ3) is 11.9. The summed E-state index contributed by atoms with van der Waals surface area (Å²) >= 11 is 8.21. The molecule has 2 aliphatic rings. The van der Waals surface area contributed by atoms with Crippen LogP contribution in [0.4, 0.5) is 11.4 Å². The summed E-state index contributed by atoms with van der Waals surface area (Å²) < 4.78 is 11.7. The van der Waals surface area contributed by atoms with Crippen molar-refractivity contribution >= 4 is 72.0 Å². The fourth-order valence-electron chi connectivity index (χ4n) is 5.28. The Morgan fingerprint density at radius 2 is 1.42 bits per heavy atom. The van der Waals surface area contributed by atoms with Crippen LogP contribution in [0, 0.1) is 0 Å².